The fourth-order valence-corrected chi connectivity index (χ4v) is 1.68. The summed E-state index contributed by atoms with van der Waals surface area (Å²) in [6, 6.07) is 3.92. The molecule has 3 heterocycles. The van der Waals surface area contributed by atoms with E-state index in [9.17, 15) is 0 Å². The molecule has 0 amide bonds. The summed E-state index contributed by atoms with van der Waals surface area (Å²) in [6.45, 7) is 2.64. The summed E-state index contributed by atoms with van der Waals surface area (Å²) in [6.07, 6.45) is 1.77. The Balaban J connectivity index is 2.32. The van der Waals surface area contributed by atoms with Crippen LogP contribution in [-0.2, 0) is 6.54 Å². The second-order valence-electron chi connectivity index (χ2n) is 3.23. The van der Waals surface area contributed by atoms with Crippen LogP contribution in [0, 0.1) is 6.92 Å². The van der Waals surface area contributed by atoms with Crippen molar-refractivity contribution in [2.45, 2.75) is 13.5 Å². The van der Waals surface area contributed by atoms with E-state index in [2.05, 4.69) is 20.5 Å². The van der Waals surface area contributed by atoms with Crippen molar-refractivity contribution in [2.24, 2.45) is 0 Å². The predicted octanol–water partition coefficient (Wildman–Crippen LogP) is 0.896. The summed E-state index contributed by atoms with van der Waals surface area (Å²) >= 11 is 0. The van der Waals surface area contributed by atoms with Gasteiger partial charge in [-0.3, -0.25) is 4.57 Å². The van der Waals surface area contributed by atoms with Gasteiger partial charge in [-0.25, -0.2) is 4.98 Å². The third-order valence-corrected chi connectivity index (χ3v) is 2.33. The molecule has 3 rings (SSSR count). The molecule has 14 heavy (non-hydrogen) atoms. The minimum Gasteiger partial charge on any atom is -0.375 e. The molecule has 0 fully saturated rings. The molecule has 2 aromatic rings. The molecule has 1 aliphatic rings. The van der Waals surface area contributed by atoms with Crippen molar-refractivity contribution in [3.63, 3.8) is 0 Å². The van der Waals surface area contributed by atoms with Crippen LogP contribution in [0.1, 0.15) is 11.6 Å². The number of nitrogens with zero attached hydrogens (tertiary/aromatic N) is 4. The van der Waals surface area contributed by atoms with Crippen molar-refractivity contribution in [1.29, 1.82) is 0 Å². The highest BCUT2D eigenvalue weighted by atomic mass is 15.3. The standard InChI is InChI=1S/C9H9N5/c1-6-12-13-8-5-11-7-3-2-4-10-9(7)14(6)8/h2-4,11H,5H2,1H3. The number of aryl methyl sites for hydroxylation is 1. The van der Waals surface area contributed by atoms with E-state index < -0.39 is 0 Å². The molecule has 0 saturated carbocycles. The Bertz CT molecular complexity index is 488. The lowest BCUT2D eigenvalue weighted by Crippen LogP contribution is -2.17. The van der Waals surface area contributed by atoms with Crippen LogP contribution in [0.5, 0.6) is 0 Å². The lowest BCUT2D eigenvalue weighted by atomic mass is 10.3. The maximum absolute atomic E-state index is 4.31. The van der Waals surface area contributed by atoms with Gasteiger partial charge in [0.2, 0.25) is 0 Å². The summed E-state index contributed by atoms with van der Waals surface area (Å²) in [5.41, 5.74) is 1.03. The van der Waals surface area contributed by atoms with Gasteiger partial charge in [0.25, 0.3) is 0 Å². The van der Waals surface area contributed by atoms with E-state index in [1.54, 1.807) is 6.20 Å². The molecule has 2 aromatic heterocycles. The highest BCUT2D eigenvalue weighted by Crippen LogP contribution is 2.24. The lowest BCUT2D eigenvalue weighted by Gasteiger charge is -2.18. The lowest BCUT2D eigenvalue weighted by molar-refractivity contribution is 0.824. The molecule has 1 N–H and O–H groups in total. The fourth-order valence-electron chi connectivity index (χ4n) is 1.68. The Morgan fingerprint density at radius 3 is 3.29 bits per heavy atom. The molecule has 5 nitrogen and oxygen atoms in total. The van der Waals surface area contributed by atoms with Crippen LogP contribution in [0.4, 0.5) is 5.69 Å². The Morgan fingerprint density at radius 1 is 1.43 bits per heavy atom. The fraction of sp³-hybridized carbons (Fsp3) is 0.222. The molecule has 5 heteroatoms. The normalized spacial score (nSPS) is 12.9. The van der Waals surface area contributed by atoms with E-state index in [4.69, 9.17) is 0 Å². The first-order valence-corrected chi connectivity index (χ1v) is 4.46. The average molecular weight is 187 g/mol. The largest absolute Gasteiger partial charge is 0.375 e. The molecule has 0 saturated heterocycles. The van der Waals surface area contributed by atoms with Crippen molar-refractivity contribution in [3.05, 3.63) is 30.0 Å². The molecule has 0 spiro atoms. The number of fused-ring (bicyclic) bond motifs is 3. The molecule has 0 radical (unpaired) electrons. The van der Waals surface area contributed by atoms with Gasteiger partial charge < -0.3 is 5.32 Å². The van der Waals surface area contributed by atoms with E-state index in [0.29, 0.717) is 6.54 Å². The van der Waals surface area contributed by atoms with Crippen LogP contribution in [0.15, 0.2) is 18.3 Å². The number of hydrogen-bond donors (Lipinski definition) is 1. The van der Waals surface area contributed by atoms with Gasteiger partial charge in [0.05, 0.1) is 12.2 Å². The van der Waals surface area contributed by atoms with Crippen molar-refractivity contribution in [3.8, 4) is 5.82 Å². The summed E-state index contributed by atoms with van der Waals surface area (Å²) in [5, 5.41) is 11.3. The van der Waals surface area contributed by atoms with Crippen LogP contribution in [0.2, 0.25) is 0 Å². The number of nitrogens with one attached hydrogen (secondary N) is 1. The quantitative estimate of drug-likeness (QED) is 0.665. The van der Waals surface area contributed by atoms with Gasteiger partial charge in [-0.15, -0.1) is 10.2 Å². The second kappa shape index (κ2) is 2.54. The van der Waals surface area contributed by atoms with Gasteiger partial charge in [0.15, 0.2) is 11.6 Å². The highest BCUT2D eigenvalue weighted by Gasteiger charge is 2.19. The molecule has 0 unspecified atom stereocenters. The maximum Gasteiger partial charge on any atom is 0.163 e. The van der Waals surface area contributed by atoms with Gasteiger partial charge in [-0.05, 0) is 19.1 Å². The third-order valence-electron chi connectivity index (χ3n) is 2.33. The number of anilines is 1. The average Bonchev–Trinajstić information content (AvgIpc) is 2.61. The van der Waals surface area contributed by atoms with Crippen LogP contribution in [0.25, 0.3) is 5.82 Å². The molecule has 0 aromatic carbocycles. The van der Waals surface area contributed by atoms with Crippen LogP contribution in [-0.4, -0.2) is 19.7 Å². The van der Waals surface area contributed by atoms with Crippen molar-refractivity contribution < 1.29 is 0 Å². The molecule has 70 valence electrons. The first-order valence-electron chi connectivity index (χ1n) is 4.46. The smallest absolute Gasteiger partial charge is 0.163 e. The number of rotatable bonds is 0. The topological polar surface area (TPSA) is 55.6 Å². The molecule has 0 bridgehead atoms. The second-order valence-corrected chi connectivity index (χ2v) is 3.23. The van der Waals surface area contributed by atoms with E-state index in [0.717, 1.165) is 23.2 Å². The molecule has 0 atom stereocenters. The molecule has 0 aliphatic carbocycles. The minimum absolute atomic E-state index is 0.708. The van der Waals surface area contributed by atoms with Crippen LogP contribution in [0.3, 0.4) is 0 Å². The molecular weight excluding hydrogens is 178 g/mol. The van der Waals surface area contributed by atoms with E-state index in [1.807, 2.05) is 23.6 Å². The van der Waals surface area contributed by atoms with Crippen molar-refractivity contribution in [2.75, 3.05) is 5.32 Å². The third kappa shape index (κ3) is 0.863. The highest BCUT2D eigenvalue weighted by molar-refractivity contribution is 5.59. The van der Waals surface area contributed by atoms with Gasteiger partial charge in [-0.1, -0.05) is 0 Å². The van der Waals surface area contributed by atoms with Crippen LogP contribution < -0.4 is 5.32 Å². The van der Waals surface area contributed by atoms with E-state index >= 15 is 0 Å². The number of pyridine rings is 1. The Labute approximate surface area is 80.8 Å². The first kappa shape index (κ1) is 7.49. The minimum atomic E-state index is 0.708. The molecule has 1 aliphatic heterocycles. The van der Waals surface area contributed by atoms with Crippen LogP contribution >= 0.6 is 0 Å². The van der Waals surface area contributed by atoms with E-state index in [-0.39, 0.29) is 0 Å². The van der Waals surface area contributed by atoms with Gasteiger partial charge in [0, 0.05) is 6.20 Å². The zero-order valence-electron chi connectivity index (χ0n) is 7.73. The monoisotopic (exact) mass is 187 g/mol. The summed E-state index contributed by atoms with van der Waals surface area (Å²) in [7, 11) is 0. The zero-order chi connectivity index (χ0) is 9.54. The molecular formula is C9H9N5. The predicted molar refractivity (Wildman–Crippen MR) is 51.2 cm³/mol. The Hall–Kier alpha value is -1.91. The Kier molecular flexibility index (Phi) is 1.36. The van der Waals surface area contributed by atoms with Gasteiger partial charge in [0.1, 0.15) is 5.82 Å². The van der Waals surface area contributed by atoms with Crippen molar-refractivity contribution >= 4 is 5.69 Å². The van der Waals surface area contributed by atoms with E-state index in [1.165, 1.54) is 0 Å². The SMILES string of the molecule is Cc1nnc2n1-c1ncccc1NC2. The summed E-state index contributed by atoms with van der Waals surface area (Å²) < 4.78 is 1.98. The van der Waals surface area contributed by atoms with Gasteiger partial charge in [-0.2, -0.15) is 0 Å². The van der Waals surface area contributed by atoms with Gasteiger partial charge >= 0.3 is 0 Å². The summed E-state index contributed by atoms with van der Waals surface area (Å²) in [4.78, 5) is 4.31. The zero-order valence-corrected chi connectivity index (χ0v) is 7.73. The first-order chi connectivity index (χ1) is 6.86. The van der Waals surface area contributed by atoms with Crippen molar-refractivity contribution in [1.82, 2.24) is 19.7 Å². The number of hydrogen-bond acceptors (Lipinski definition) is 4. The number of aromatic nitrogens is 4. The Morgan fingerprint density at radius 2 is 2.36 bits per heavy atom. The summed E-state index contributed by atoms with van der Waals surface area (Å²) in [5.74, 6) is 2.67. The maximum atomic E-state index is 4.31.